The van der Waals surface area contributed by atoms with Gasteiger partial charge in [0, 0.05) is 19.2 Å². The standard InChI is InChI=1S/C12H23NO/c1-3-12-10(4-5-14-12)8-13-11-6-9(2)7-11/h9-13H,3-8H2,1-2H3. The monoisotopic (exact) mass is 197 g/mol. The summed E-state index contributed by atoms with van der Waals surface area (Å²) in [6.45, 7) is 6.72. The smallest absolute Gasteiger partial charge is 0.0613 e. The third kappa shape index (κ3) is 2.29. The van der Waals surface area contributed by atoms with Crippen LogP contribution in [0.3, 0.4) is 0 Å². The minimum absolute atomic E-state index is 0.528. The van der Waals surface area contributed by atoms with Crippen LogP contribution in [0.25, 0.3) is 0 Å². The van der Waals surface area contributed by atoms with Crippen LogP contribution in [0.5, 0.6) is 0 Å². The van der Waals surface area contributed by atoms with Gasteiger partial charge in [0.25, 0.3) is 0 Å². The zero-order valence-electron chi connectivity index (χ0n) is 9.46. The van der Waals surface area contributed by atoms with Crippen LogP contribution in [-0.4, -0.2) is 25.3 Å². The van der Waals surface area contributed by atoms with Crippen LogP contribution in [0.4, 0.5) is 0 Å². The number of rotatable bonds is 4. The number of hydrogen-bond donors (Lipinski definition) is 1. The lowest BCUT2D eigenvalue weighted by atomic mass is 9.81. The van der Waals surface area contributed by atoms with E-state index in [0.717, 1.165) is 24.5 Å². The van der Waals surface area contributed by atoms with Crippen LogP contribution < -0.4 is 5.32 Å². The molecule has 2 fully saturated rings. The molecule has 2 unspecified atom stereocenters. The lowest BCUT2D eigenvalue weighted by molar-refractivity contribution is 0.0847. The summed E-state index contributed by atoms with van der Waals surface area (Å²) in [4.78, 5) is 0. The zero-order valence-corrected chi connectivity index (χ0v) is 9.46. The zero-order chi connectivity index (χ0) is 9.97. The molecule has 1 saturated carbocycles. The molecule has 2 nitrogen and oxygen atoms in total. The number of hydrogen-bond acceptors (Lipinski definition) is 2. The third-order valence-electron chi connectivity index (χ3n) is 3.79. The molecule has 2 atom stereocenters. The van der Waals surface area contributed by atoms with Crippen LogP contribution in [0.2, 0.25) is 0 Å². The highest BCUT2D eigenvalue weighted by atomic mass is 16.5. The maximum absolute atomic E-state index is 5.68. The molecule has 2 heteroatoms. The SMILES string of the molecule is CCC1OCCC1CNC1CC(C)C1. The van der Waals surface area contributed by atoms with E-state index < -0.39 is 0 Å². The van der Waals surface area contributed by atoms with E-state index >= 15 is 0 Å². The van der Waals surface area contributed by atoms with E-state index in [0.29, 0.717) is 6.10 Å². The Labute approximate surface area is 87.4 Å². The summed E-state index contributed by atoms with van der Waals surface area (Å²) in [6.07, 6.45) is 5.72. The molecule has 2 aliphatic rings. The normalized spacial score (nSPS) is 42.4. The maximum Gasteiger partial charge on any atom is 0.0613 e. The molecule has 1 saturated heterocycles. The molecule has 0 aromatic rings. The highest BCUT2D eigenvalue weighted by molar-refractivity contribution is 4.85. The minimum atomic E-state index is 0.528. The Morgan fingerprint density at radius 1 is 1.36 bits per heavy atom. The molecule has 0 amide bonds. The molecular weight excluding hydrogens is 174 g/mol. The lowest BCUT2D eigenvalue weighted by Crippen LogP contribution is -2.43. The Bertz CT molecular complexity index is 177. The Morgan fingerprint density at radius 2 is 2.14 bits per heavy atom. The van der Waals surface area contributed by atoms with Gasteiger partial charge in [0.15, 0.2) is 0 Å². The van der Waals surface area contributed by atoms with Gasteiger partial charge in [0.2, 0.25) is 0 Å². The fourth-order valence-electron chi connectivity index (χ4n) is 2.76. The second kappa shape index (κ2) is 4.63. The minimum Gasteiger partial charge on any atom is -0.378 e. The van der Waals surface area contributed by atoms with Crippen LogP contribution >= 0.6 is 0 Å². The Kier molecular flexibility index (Phi) is 3.45. The first kappa shape index (κ1) is 10.4. The summed E-state index contributed by atoms with van der Waals surface area (Å²) < 4.78 is 5.68. The van der Waals surface area contributed by atoms with Crippen molar-refractivity contribution >= 4 is 0 Å². The highest BCUT2D eigenvalue weighted by Crippen LogP contribution is 2.28. The Hall–Kier alpha value is -0.0800. The van der Waals surface area contributed by atoms with Crippen molar-refractivity contribution in [1.29, 1.82) is 0 Å². The molecule has 0 aromatic heterocycles. The van der Waals surface area contributed by atoms with E-state index in [-0.39, 0.29) is 0 Å². The molecule has 14 heavy (non-hydrogen) atoms. The highest BCUT2D eigenvalue weighted by Gasteiger charge is 2.29. The van der Waals surface area contributed by atoms with E-state index in [1.54, 1.807) is 0 Å². The van der Waals surface area contributed by atoms with Gasteiger partial charge in [-0.1, -0.05) is 13.8 Å². The van der Waals surface area contributed by atoms with Crippen LogP contribution in [0, 0.1) is 11.8 Å². The van der Waals surface area contributed by atoms with E-state index in [2.05, 4.69) is 19.2 Å². The summed E-state index contributed by atoms with van der Waals surface area (Å²) >= 11 is 0. The Morgan fingerprint density at radius 3 is 2.79 bits per heavy atom. The summed E-state index contributed by atoms with van der Waals surface area (Å²) in [6, 6.07) is 0.808. The molecule has 1 heterocycles. The predicted octanol–water partition coefficient (Wildman–Crippen LogP) is 2.19. The van der Waals surface area contributed by atoms with Gasteiger partial charge < -0.3 is 10.1 Å². The number of ether oxygens (including phenoxy) is 1. The molecule has 0 bridgehead atoms. The summed E-state index contributed by atoms with van der Waals surface area (Å²) in [5.41, 5.74) is 0. The van der Waals surface area contributed by atoms with Crippen molar-refractivity contribution in [3.63, 3.8) is 0 Å². The van der Waals surface area contributed by atoms with Gasteiger partial charge in [-0.05, 0) is 37.5 Å². The predicted molar refractivity (Wildman–Crippen MR) is 58.3 cm³/mol. The topological polar surface area (TPSA) is 21.3 Å². The van der Waals surface area contributed by atoms with Gasteiger partial charge >= 0.3 is 0 Å². The van der Waals surface area contributed by atoms with E-state index in [9.17, 15) is 0 Å². The summed E-state index contributed by atoms with van der Waals surface area (Å²) in [5.74, 6) is 1.73. The van der Waals surface area contributed by atoms with Crippen molar-refractivity contribution in [3.8, 4) is 0 Å². The van der Waals surface area contributed by atoms with Gasteiger partial charge in [-0.3, -0.25) is 0 Å². The van der Waals surface area contributed by atoms with E-state index in [1.165, 1.54) is 32.2 Å². The van der Waals surface area contributed by atoms with Gasteiger partial charge in [-0.2, -0.15) is 0 Å². The average molecular weight is 197 g/mol. The first-order valence-corrected chi connectivity index (χ1v) is 6.14. The van der Waals surface area contributed by atoms with Crippen LogP contribution in [0.1, 0.15) is 39.5 Å². The molecule has 0 aromatic carbocycles. The molecule has 82 valence electrons. The molecule has 1 aliphatic carbocycles. The first-order valence-electron chi connectivity index (χ1n) is 6.14. The quantitative estimate of drug-likeness (QED) is 0.746. The fourth-order valence-corrected chi connectivity index (χ4v) is 2.76. The summed E-state index contributed by atoms with van der Waals surface area (Å²) in [7, 11) is 0. The van der Waals surface area contributed by atoms with Gasteiger partial charge in [0.05, 0.1) is 6.10 Å². The van der Waals surface area contributed by atoms with E-state index in [1.807, 2.05) is 0 Å². The van der Waals surface area contributed by atoms with Crippen molar-refractivity contribution in [3.05, 3.63) is 0 Å². The molecule has 0 spiro atoms. The van der Waals surface area contributed by atoms with Gasteiger partial charge in [-0.25, -0.2) is 0 Å². The van der Waals surface area contributed by atoms with Crippen molar-refractivity contribution < 1.29 is 4.74 Å². The second-order valence-electron chi connectivity index (χ2n) is 5.05. The van der Waals surface area contributed by atoms with Gasteiger partial charge in [0.1, 0.15) is 0 Å². The fraction of sp³-hybridized carbons (Fsp3) is 1.00. The first-order chi connectivity index (χ1) is 6.79. The van der Waals surface area contributed by atoms with Crippen molar-refractivity contribution in [2.24, 2.45) is 11.8 Å². The Balaban J connectivity index is 1.65. The third-order valence-corrected chi connectivity index (χ3v) is 3.79. The largest absolute Gasteiger partial charge is 0.378 e. The molecule has 1 aliphatic heterocycles. The molecule has 0 radical (unpaired) electrons. The molecule has 1 N–H and O–H groups in total. The van der Waals surface area contributed by atoms with Crippen LogP contribution in [0.15, 0.2) is 0 Å². The van der Waals surface area contributed by atoms with Crippen molar-refractivity contribution in [2.45, 2.75) is 51.7 Å². The lowest BCUT2D eigenvalue weighted by Gasteiger charge is -2.34. The molecular formula is C12H23NO. The van der Waals surface area contributed by atoms with Crippen molar-refractivity contribution in [1.82, 2.24) is 5.32 Å². The average Bonchev–Trinajstić information content (AvgIpc) is 2.57. The second-order valence-corrected chi connectivity index (χ2v) is 5.05. The van der Waals surface area contributed by atoms with E-state index in [4.69, 9.17) is 4.74 Å². The van der Waals surface area contributed by atoms with Crippen molar-refractivity contribution in [2.75, 3.05) is 13.2 Å². The number of nitrogens with one attached hydrogen (secondary N) is 1. The summed E-state index contributed by atoms with van der Waals surface area (Å²) in [5, 5.41) is 3.68. The maximum atomic E-state index is 5.68. The van der Waals surface area contributed by atoms with Crippen LogP contribution in [-0.2, 0) is 4.74 Å². The van der Waals surface area contributed by atoms with Gasteiger partial charge in [-0.15, -0.1) is 0 Å². The molecule has 2 rings (SSSR count).